The monoisotopic (exact) mass is 241 g/mol. The zero-order valence-electron chi connectivity index (χ0n) is 8.74. The van der Waals surface area contributed by atoms with Gasteiger partial charge in [-0.05, 0) is 0 Å². The van der Waals surface area contributed by atoms with Crippen LogP contribution in [0.4, 0.5) is 4.79 Å². The van der Waals surface area contributed by atoms with Gasteiger partial charge in [-0.3, -0.25) is 4.79 Å². The van der Waals surface area contributed by atoms with Gasteiger partial charge in [0.05, 0.1) is 0 Å². The van der Waals surface area contributed by atoms with Gasteiger partial charge in [0.25, 0.3) is 5.91 Å². The van der Waals surface area contributed by atoms with Crippen LogP contribution in [0.3, 0.4) is 0 Å². The van der Waals surface area contributed by atoms with Gasteiger partial charge in [0.1, 0.15) is 0 Å². The molecule has 0 fully saturated rings. The SMILES string of the molecule is C#CCCN(CCC#C)C(=O)COC(=O)Cl. The molecule has 0 atom stereocenters. The van der Waals surface area contributed by atoms with Crippen molar-refractivity contribution in [2.75, 3.05) is 19.7 Å². The lowest BCUT2D eigenvalue weighted by Gasteiger charge is -2.20. The molecule has 0 N–H and O–H groups in total. The lowest BCUT2D eigenvalue weighted by Crippen LogP contribution is -2.35. The number of hydrogen-bond acceptors (Lipinski definition) is 3. The van der Waals surface area contributed by atoms with Gasteiger partial charge in [0.15, 0.2) is 6.61 Å². The van der Waals surface area contributed by atoms with Gasteiger partial charge in [-0.15, -0.1) is 24.7 Å². The van der Waals surface area contributed by atoms with Gasteiger partial charge < -0.3 is 9.64 Å². The zero-order valence-corrected chi connectivity index (χ0v) is 9.50. The Balaban J connectivity index is 4.15. The lowest BCUT2D eigenvalue weighted by molar-refractivity contribution is -0.133. The minimum absolute atomic E-state index is 0.362. The molecule has 86 valence electrons. The smallest absolute Gasteiger partial charge is 0.404 e. The summed E-state index contributed by atoms with van der Waals surface area (Å²) in [6.45, 7) is 0.380. The largest absolute Gasteiger partial charge is 0.444 e. The molecule has 0 radical (unpaired) electrons. The molecule has 1 amide bonds. The molecule has 0 aliphatic heterocycles. The maximum Gasteiger partial charge on any atom is 0.404 e. The lowest BCUT2D eigenvalue weighted by atomic mass is 10.3. The molecule has 5 heteroatoms. The highest BCUT2D eigenvalue weighted by Gasteiger charge is 2.13. The van der Waals surface area contributed by atoms with E-state index in [0.29, 0.717) is 25.9 Å². The van der Waals surface area contributed by atoms with Crippen LogP contribution in [-0.4, -0.2) is 35.9 Å². The third-order valence-corrected chi connectivity index (χ3v) is 1.82. The molecular formula is C11H12ClNO3. The second-order valence-corrected chi connectivity index (χ2v) is 3.12. The highest BCUT2D eigenvalue weighted by Crippen LogP contribution is 1.97. The summed E-state index contributed by atoms with van der Waals surface area (Å²) in [5, 5.41) is 0. The summed E-state index contributed by atoms with van der Waals surface area (Å²) in [5.74, 6) is 4.47. The molecule has 0 unspecified atom stereocenters. The van der Waals surface area contributed by atoms with E-state index in [-0.39, 0.29) is 5.91 Å². The van der Waals surface area contributed by atoms with E-state index in [9.17, 15) is 9.59 Å². The Labute approximate surface area is 99.9 Å². The Hall–Kier alpha value is -1.65. The molecule has 0 aromatic carbocycles. The number of amides is 1. The fraction of sp³-hybridized carbons (Fsp3) is 0.455. The maximum absolute atomic E-state index is 11.5. The first-order valence-corrected chi connectivity index (χ1v) is 4.96. The van der Waals surface area contributed by atoms with E-state index in [0.717, 1.165) is 0 Å². The van der Waals surface area contributed by atoms with E-state index in [4.69, 9.17) is 24.4 Å². The van der Waals surface area contributed by atoms with Crippen molar-refractivity contribution < 1.29 is 14.3 Å². The summed E-state index contributed by atoms with van der Waals surface area (Å²) in [6, 6.07) is 0. The summed E-state index contributed by atoms with van der Waals surface area (Å²) in [6.07, 6.45) is 11.0. The third kappa shape index (κ3) is 6.75. The standard InChI is InChI=1S/C11H12ClNO3/c1-3-5-7-13(8-6-4-2)10(14)9-16-11(12)15/h1-2H,5-9H2. The van der Waals surface area contributed by atoms with Crippen LogP contribution < -0.4 is 0 Å². The molecule has 0 saturated heterocycles. The number of carbonyl (C=O) groups excluding carboxylic acids is 2. The van der Waals surface area contributed by atoms with E-state index in [2.05, 4.69) is 16.6 Å². The second kappa shape index (κ2) is 8.64. The van der Waals surface area contributed by atoms with Crippen molar-refractivity contribution in [3.05, 3.63) is 0 Å². The highest BCUT2D eigenvalue weighted by atomic mass is 35.5. The van der Waals surface area contributed by atoms with Crippen molar-refractivity contribution in [1.82, 2.24) is 4.90 Å². The minimum atomic E-state index is -1.01. The first-order valence-electron chi connectivity index (χ1n) is 4.58. The molecule has 0 aliphatic carbocycles. The van der Waals surface area contributed by atoms with Crippen LogP contribution in [0.15, 0.2) is 0 Å². The number of terminal acetylenes is 2. The van der Waals surface area contributed by atoms with E-state index in [1.165, 1.54) is 4.90 Å². The number of halogens is 1. The van der Waals surface area contributed by atoms with Crippen molar-refractivity contribution in [2.45, 2.75) is 12.8 Å². The van der Waals surface area contributed by atoms with Gasteiger partial charge in [-0.25, -0.2) is 4.79 Å². The highest BCUT2D eigenvalue weighted by molar-refractivity contribution is 6.61. The first-order chi connectivity index (χ1) is 7.61. The fourth-order valence-corrected chi connectivity index (χ4v) is 1.02. The van der Waals surface area contributed by atoms with Crippen LogP contribution in [-0.2, 0) is 9.53 Å². The quantitative estimate of drug-likeness (QED) is 0.519. The molecule has 0 saturated carbocycles. The van der Waals surface area contributed by atoms with Crippen LogP contribution >= 0.6 is 11.6 Å². The predicted octanol–water partition coefficient (Wildman–Crippen LogP) is 1.24. The van der Waals surface area contributed by atoms with Gasteiger partial charge in [-0.1, -0.05) is 0 Å². The topological polar surface area (TPSA) is 46.6 Å². The molecule has 0 bridgehead atoms. The van der Waals surface area contributed by atoms with E-state index >= 15 is 0 Å². The maximum atomic E-state index is 11.5. The number of hydrogen-bond donors (Lipinski definition) is 0. The van der Waals surface area contributed by atoms with Crippen LogP contribution in [0.5, 0.6) is 0 Å². The third-order valence-electron chi connectivity index (χ3n) is 1.71. The van der Waals surface area contributed by atoms with Crippen LogP contribution in [0.25, 0.3) is 0 Å². The van der Waals surface area contributed by atoms with Crippen molar-refractivity contribution in [3.8, 4) is 24.7 Å². The predicted molar refractivity (Wildman–Crippen MR) is 60.7 cm³/mol. The summed E-state index contributed by atoms with van der Waals surface area (Å²) in [7, 11) is 0. The van der Waals surface area contributed by atoms with Gasteiger partial charge in [0, 0.05) is 37.5 Å². The number of carbonyl (C=O) groups is 2. The Morgan fingerprint density at radius 1 is 1.19 bits per heavy atom. The minimum Gasteiger partial charge on any atom is -0.444 e. The normalized spacial score (nSPS) is 8.69. The molecule has 0 rings (SSSR count). The van der Waals surface area contributed by atoms with Crippen LogP contribution in [0.2, 0.25) is 0 Å². The van der Waals surface area contributed by atoms with Gasteiger partial charge >= 0.3 is 5.43 Å². The van der Waals surface area contributed by atoms with Crippen molar-refractivity contribution in [2.24, 2.45) is 0 Å². The summed E-state index contributed by atoms with van der Waals surface area (Å²) >= 11 is 4.94. The van der Waals surface area contributed by atoms with Crippen molar-refractivity contribution in [1.29, 1.82) is 0 Å². The summed E-state index contributed by atoms with van der Waals surface area (Å²) in [5.41, 5.74) is -1.01. The second-order valence-electron chi connectivity index (χ2n) is 2.82. The van der Waals surface area contributed by atoms with Gasteiger partial charge in [-0.2, -0.15) is 0 Å². The molecule has 0 aliphatic rings. The Kier molecular flexibility index (Phi) is 7.75. The van der Waals surface area contributed by atoms with E-state index < -0.39 is 12.0 Å². The Bertz CT molecular complexity index is 309. The molecule has 16 heavy (non-hydrogen) atoms. The summed E-state index contributed by atoms with van der Waals surface area (Å²) in [4.78, 5) is 23.3. The molecule has 0 aromatic rings. The van der Waals surface area contributed by atoms with Crippen LogP contribution in [0, 0.1) is 24.7 Å². The Morgan fingerprint density at radius 2 is 1.69 bits per heavy atom. The van der Waals surface area contributed by atoms with Crippen LogP contribution in [0.1, 0.15) is 12.8 Å². The van der Waals surface area contributed by atoms with Gasteiger partial charge in [0.2, 0.25) is 0 Å². The average molecular weight is 242 g/mol. The number of ether oxygens (including phenoxy) is 1. The first kappa shape index (κ1) is 14.3. The molecule has 0 spiro atoms. The van der Waals surface area contributed by atoms with Crippen molar-refractivity contribution >= 4 is 22.9 Å². The summed E-state index contributed by atoms with van der Waals surface area (Å²) < 4.78 is 4.38. The Morgan fingerprint density at radius 3 is 2.06 bits per heavy atom. The van der Waals surface area contributed by atoms with Crippen molar-refractivity contribution in [3.63, 3.8) is 0 Å². The number of rotatable bonds is 6. The molecule has 0 aromatic heterocycles. The average Bonchev–Trinajstić information content (AvgIpc) is 2.26. The molecule has 0 heterocycles. The zero-order chi connectivity index (χ0) is 12.4. The van der Waals surface area contributed by atoms with E-state index in [1.54, 1.807) is 0 Å². The molecule has 4 nitrogen and oxygen atoms in total. The number of nitrogens with zero attached hydrogens (tertiary/aromatic N) is 1. The van der Waals surface area contributed by atoms with E-state index in [1.807, 2.05) is 0 Å². The molecular weight excluding hydrogens is 230 g/mol. The fourth-order valence-electron chi connectivity index (χ4n) is 0.970.